The number of nitrogens with one attached hydrogen (secondary N) is 1. The summed E-state index contributed by atoms with van der Waals surface area (Å²) in [6, 6.07) is 6.61. The number of fused-ring (bicyclic) bond motifs is 1. The third kappa shape index (κ3) is 2.79. The van der Waals surface area contributed by atoms with Crippen LogP contribution in [-0.4, -0.2) is 38.0 Å². The molecule has 0 radical (unpaired) electrons. The summed E-state index contributed by atoms with van der Waals surface area (Å²) in [6.07, 6.45) is 0.379. The first-order valence-corrected chi connectivity index (χ1v) is 7.71. The van der Waals surface area contributed by atoms with Gasteiger partial charge in [-0.15, -0.1) is 0 Å². The lowest BCUT2D eigenvalue weighted by Crippen LogP contribution is -2.61. The van der Waals surface area contributed by atoms with Gasteiger partial charge in [0.25, 0.3) is 0 Å². The molecule has 0 aromatic heterocycles. The van der Waals surface area contributed by atoms with Crippen LogP contribution in [-0.2, 0) is 14.2 Å². The summed E-state index contributed by atoms with van der Waals surface area (Å²) < 4.78 is 16.0. The molecule has 1 heterocycles. The Kier molecular flexibility index (Phi) is 4.02. The lowest BCUT2D eigenvalue weighted by Gasteiger charge is -2.53. The van der Waals surface area contributed by atoms with E-state index >= 15 is 0 Å². The fraction of sp³-hybridized carbons (Fsp3) is 0.529. The van der Waals surface area contributed by atoms with Crippen molar-refractivity contribution >= 4 is 17.7 Å². The quantitative estimate of drug-likeness (QED) is 0.867. The van der Waals surface area contributed by atoms with E-state index in [0.29, 0.717) is 11.3 Å². The molecule has 0 bridgehead atoms. The van der Waals surface area contributed by atoms with Crippen LogP contribution in [0.1, 0.15) is 30.6 Å². The monoisotopic (exact) mass is 319 g/mol. The van der Waals surface area contributed by atoms with Crippen LogP contribution in [0.15, 0.2) is 24.3 Å². The summed E-state index contributed by atoms with van der Waals surface area (Å²) in [5, 5.41) is 2.53. The van der Waals surface area contributed by atoms with Gasteiger partial charge in [-0.05, 0) is 24.6 Å². The Bertz CT molecular complexity index is 627. The summed E-state index contributed by atoms with van der Waals surface area (Å²) in [7, 11) is 1.28. The zero-order valence-electron chi connectivity index (χ0n) is 13.5. The van der Waals surface area contributed by atoms with E-state index in [1.54, 1.807) is 24.3 Å². The van der Waals surface area contributed by atoms with E-state index in [-0.39, 0.29) is 29.5 Å². The number of rotatable bonds is 3. The molecule has 3 rings (SSSR count). The second kappa shape index (κ2) is 5.85. The number of methoxy groups -OCH3 is 1. The van der Waals surface area contributed by atoms with Crippen LogP contribution in [0.2, 0.25) is 0 Å². The van der Waals surface area contributed by atoms with Crippen molar-refractivity contribution in [1.29, 1.82) is 0 Å². The van der Waals surface area contributed by atoms with E-state index in [1.807, 2.05) is 0 Å². The van der Waals surface area contributed by atoms with Crippen LogP contribution < -0.4 is 5.32 Å². The number of esters is 1. The maximum atomic E-state index is 12.4. The summed E-state index contributed by atoms with van der Waals surface area (Å²) in [6.45, 7) is 4.85. The lowest BCUT2D eigenvalue weighted by atomic mass is 9.59. The van der Waals surface area contributed by atoms with Crippen LogP contribution in [0.25, 0.3) is 0 Å². The first-order valence-electron chi connectivity index (χ1n) is 7.71. The van der Waals surface area contributed by atoms with Gasteiger partial charge in [0.2, 0.25) is 0 Å². The Morgan fingerprint density at radius 3 is 2.87 bits per heavy atom. The normalized spacial score (nSPS) is 27.5. The second-order valence-corrected chi connectivity index (χ2v) is 6.59. The number of hydrogen-bond donors (Lipinski definition) is 1. The minimum atomic E-state index is -0.582. The van der Waals surface area contributed by atoms with E-state index in [1.165, 1.54) is 7.11 Å². The fourth-order valence-electron chi connectivity index (χ4n) is 3.59. The van der Waals surface area contributed by atoms with Gasteiger partial charge in [-0.1, -0.05) is 19.9 Å². The maximum Gasteiger partial charge on any atom is 0.411 e. The standard InChI is InChI=1S/C17H21NO5/c1-17(2)13-12(7-8-22-13)14(17)23-15(19)10-5-4-6-11(9-10)18-16(20)21-3/h4-6,9,12-14H,7-8H2,1-3H3,(H,18,20)/t12-,13+,14+/m0/s1. The molecule has 124 valence electrons. The van der Waals surface area contributed by atoms with Gasteiger partial charge >= 0.3 is 12.1 Å². The van der Waals surface area contributed by atoms with Gasteiger partial charge in [-0.25, -0.2) is 9.59 Å². The molecule has 1 aromatic rings. The summed E-state index contributed by atoms with van der Waals surface area (Å²) in [5.74, 6) is -0.104. The van der Waals surface area contributed by atoms with Gasteiger partial charge in [-0.2, -0.15) is 0 Å². The number of anilines is 1. The highest BCUT2D eigenvalue weighted by Gasteiger charge is 2.61. The molecule has 1 aliphatic carbocycles. The first kappa shape index (κ1) is 15.8. The molecule has 6 heteroatoms. The van der Waals surface area contributed by atoms with Crippen LogP contribution in [0, 0.1) is 11.3 Å². The highest BCUT2D eigenvalue weighted by molar-refractivity contribution is 5.92. The van der Waals surface area contributed by atoms with Crippen molar-refractivity contribution in [2.24, 2.45) is 11.3 Å². The van der Waals surface area contributed by atoms with Crippen molar-refractivity contribution in [3.8, 4) is 0 Å². The molecule has 0 unspecified atom stereocenters. The molecule has 1 aliphatic heterocycles. The van der Waals surface area contributed by atoms with Gasteiger partial charge in [0.15, 0.2) is 0 Å². The number of ether oxygens (including phenoxy) is 3. The van der Waals surface area contributed by atoms with E-state index in [4.69, 9.17) is 9.47 Å². The molecule has 23 heavy (non-hydrogen) atoms. The topological polar surface area (TPSA) is 73.9 Å². The Morgan fingerprint density at radius 1 is 1.35 bits per heavy atom. The van der Waals surface area contributed by atoms with Gasteiger partial charge in [0.1, 0.15) is 6.10 Å². The fourth-order valence-corrected chi connectivity index (χ4v) is 3.59. The molecular formula is C17H21NO5. The smallest absolute Gasteiger partial charge is 0.411 e. The minimum Gasteiger partial charge on any atom is -0.458 e. The third-order valence-corrected chi connectivity index (χ3v) is 4.76. The Labute approximate surface area is 135 Å². The molecule has 1 N–H and O–H groups in total. The molecular weight excluding hydrogens is 298 g/mol. The van der Waals surface area contributed by atoms with Crippen molar-refractivity contribution in [3.05, 3.63) is 29.8 Å². The minimum absolute atomic E-state index is 0.139. The van der Waals surface area contributed by atoms with Gasteiger partial charge in [0, 0.05) is 23.6 Å². The van der Waals surface area contributed by atoms with Crippen LogP contribution in [0.4, 0.5) is 10.5 Å². The van der Waals surface area contributed by atoms with E-state index in [9.17, 15) is 9.59 Å². The molecule has 3 atom stereocenters. The zero-order valence-corrected chi connectivity index (χ0v) is 13.5. The van der Waals surface area contributed by atoms with Gasteiger partial charge in [0.05, 0.1) is 18.8 Å². The van der Waals surface area contributed by atoms with Crippen molar-refractivity contribution in [3.63, 3.8) is 0 Å². The number of carbonyl (C=O) groups excluding carboxylic acids is 2. The second-order valence-electron chi connectivity index (χ2n) is 6.59. The molecule has 0 spiro atoms. The van der Waals surface area contributed by atoms with Crippen molar-refractivity contribution in [2.75, 3.05) is 19.0 Å². The average Bonchev–Trinajstić information content (AvgIpc) is 2.99. The molecule has 1 saturated carbocycles. The third-order valence-electron chi connectivity index (χ3n) is 4.76. The van der Waals surface area contributed by atoms with Crippen molar-refractivity contribution < 1.29 is 23.8 Å². The predicted octanol–water partition coefficient (Wildman–Crippen LogP) is 2.84. The van der Waals surface area contributed by atoms with Crippen molar-refractivity contribution in [2.45, 2.75) is 32.5 Å². The number of carbonyl (C=O) groups is 2. The summed E-state index contributed by atoms with van der Waals surface area (Å²) >= 11 is 0. The van der Waals surface area contributed by atoms with Crippen LogP contribution in [0.3, 0.4) is 0 Å². The summed E-state index contributed by atoms with van der Waals surface area (Å²) in [4.78, 5) is 23.7. The molecule has 1 aromatic carbocycles. The van der Waals surface area contributed by atoms with Crippen LogP contribution in [0.5, 0.6) is 0 Å². The molecule has 1 saturated heterocycles. The average molecular weight is 319 g/mol. The highest BCUT2D eigenvalue weighted by atomic mass is 16.6. The van der Waals surface area contributed by atoms with Gasteiger partial charge in [-0.3, -0.25) is 5.32 Å². The van der Waals surface area contributed by atoms with Crippen molar-refractivity contribution in [1.82, 2.24) is 0 Å². The first-order chi connectivity index (χ1) is 10.9. The lowest BCUT2D eigenvalue weighted by molar-refractivity contribution is -0.183. The molecule has 6 nitrogen and oxygen atoms in total. The van der Waals surface area contributed by atoms with Gasteiger partial charge < -0.3 is 14.2 Å². The Morgan fingerprint density at radius 2 is 2.13 bits per heavy atom. The number of hydrogen-bond acceptors (Lipinski definition) is 5. The van der Waals surface area contributed by atoms with E-state index in [0.717, 1.165) is 13.0 Å². The summed E-state index contributed by atoms with van der Waals surface area (Å²) in [5.41, 5.74) is 0.719. The Balaban J connectivity index is 1.69. The molecule has 2 fully saturated rings. The highest BCUT2D eigenvalue weighted by Crippen LogP contribution is 2.53. The SMILES string of the molecule is COC(=O)Nc1cccc(C(=O)O[C@@H]2[C@H]3CCO[C@H]3C2(C)C)c1. The largest absolute Gasteiger partial charge is 0.458 e. The zero-order chi connectivity index (χ0) is 16.6. The van der Waals surface area contributed by atoms with Crippen LogP contribution >= 0.6 is 0 Å². The van der Waals surface area contributed by atoms with E-state index in [2.05, 4.69) is 23.9 Å². The van der Waals surface area contributed by atoms with E-state index < -0.39 is 6.09 Å². The molecule has 2 aliphatic rings. The molecule has 1 amide bonds. The predicted molar refractivity (Wildman–Crippen MR) is 83.3 cm³/mol. The maximum absolute atomic E-state index is 12.4. The number of benzene rings is 1. The Hall–Kier alpha value is -2.08. The number of amides is 1.